The quantitative estimate of drug-likeness (QED) is 0.242. The minimum absolute atomic E-state index is 0. The van der Waals surface area contributed by atoms with Crippen molar-refractivity contribution in [2.24, 2.45) is 16.6 Å². The highest BCUT2D eigenvalue weighted by Crippen LogP contribution is 2.27. The Morgan fingerprint density at radius 2 is 2.12 bits per heavy atom. The number of anilines is 1. The van der Waals surface area contributed by atoms with Crippen molar-refractivity contribution in [1.29, 1.82) is 0 Å². The molecule has 0 aromatic heterocycles. The number of halogens is 2. The lowest BCUT2D eigenvalue weighted by atomic mass is 10.0. The van der Waals surface area contributed by atoms with E-state index in [0.717, 1.165) is 5.69 Å². The summed E-state index contributed by atoms with van der Waals surface area (Å²) >= 11 is 6.05. The molecule has 0 bridgehead atoms. The molecule has 0 atom stereocenters. The summed E-state index contributed by atoms with van der Waals surface area (Å²) < 4.78 is 5.09. The van der Waals surface area contributed by atoms with E-state index in [-0.39, 0.29) is 35.8 Å². The van der Waals surface area contributed by atoms with Crippen LogP contribution in [0.4, 0.5) is 5.69 Å². The fourth-order valence-corrected chi connectivity index (χ4v) is 3.11. The molecule has 1 aromatic rings. The number of amides is 1. The molecule has 140 valence electrons. The van der Waals surface area contributed by atoms with Crippen molar-refractivity contribution in [1.82, 2.24) is 5.32 Å². The highest BCUT2D eigenvalue weighted by atomic mass is 127. The van der Waals surface area contributed by atoms with Crippen LogP contribution in [-0.2, 0) is 4.79 Å². The molecule has 0 radical (unpaired) electrons. The Morgan fingerprint density at radius 1 is 1.40 bits per heavy atom. The molecule has 0 aliphatic heterocycles. The van der Waals surface area contributed by atoms with Crippen molar-refractivity contribution in [3.8, 4) is 5.75 Å². The van der Waals surface area contributed by atoms with Gasteiger partial charge >= 0.3 is 0 Å². The molecular weight excluding hydrogens is 455 g/mol. The fraction of sp³-hybridized carbons (Fsp3) is 0.529. The lowest BCUT2D eigenvalue weighted by molar-refractivity contribution is -0.121. The molecule has 1 aliphatic carbocycles. The van der Waals surface area contributed by atoms with Gasteiger partial charge in [-0.1, -0.05) is 24.4 Å². The third-order valence-corrected chi connectivity index (χ3v) is 4.38. The molecule has 0 unspecified atom stereocenters. The summed E-state index contributed by atoms with van der Waals surface area (Å²) in [5.41, 5.74) is 6.56. The molecule has 1 saturated carbocycles. The molecule has 4 N–H and O–H groups in total. The number of aliphatic imine (C=N–C) groups is 1. The number of nitrogens with zero attached hydrogens (tertiary/aromatic N) is 1. The number of carbonyl (C=O) groups excluding carboxylic acids is 1. The van der Waals surface area contributed by atoms with Gasteiger partial charge in [0.1, 0.15) is 5.75 Å². The second-order valence-corrected chi connectivity index (χ2v) is 6.35. The summed E-state index contributed by atoms with van der Waals surface area (Å²) in [5.74, 6) is 1.54. The van der Waals surface area contributed by atoms with Crippen LogP contribution in [0.3, 0.4) is 0 Å². The summed E-state index contributed by atoms with van der Waals surface area (Å²) in [6.07, 6.45) is 5.47. The minimum Gasteiger partial charge on any atom is -0.495 e. The van der Waals surface area contributed by atoms with E-state index in [1.165, 1.54) is 25.7 Å². The Balaban J connectivity index is 0.00000312. The van der Waals surface area contributed by atoms with Crippen molar-refractivity contribution in [2.75, 3.05) is 25.5 Å². The predicted molar refractivity (Wildman–Crippen MR) is 113 cm³/mol. The number of hydrogen-bond acceptors (Lipinski definition) is 3. The van der Waals surface area contributed by atoms with Crippen LogP contribution in [0.5, 0.6) is 5.75 Å². The monoisotopic (exact) mass is 480 g/mol. The SMILES string of the molecule is COc1ccc(NC(N)=NCCNC(=O)CC2CCCC2)cc1Cl.I. The van der Waals surface area contributed by atoms with Gasteiger partial charge in [0.15, 0.2) is 5.96 Å². The highest BCUT2D eigenvalue weighted by Gasteiger charge is 2.17. The number of methoxy groups -OCH3 is 1. The van der Waals surface area contributed by atoms with Crippen LogP contribution in [-0.4, -0.2) is 32.1 Å². The van der Waals surface area contributed by atoms with Crippen LogP contribution in [0.15, 0.2) is 23.2 Å². The average molecular weight is 481 g/mol. The smallest absolute Gasteiger partial charge is 0.220 e. The third-order valence-electron chi connectivity index (χ3n) is 4.09. The first kappa shape index (κ1) is 21.8. The van der Waals surface area contributed by atoms with Gasteiger partial charge in [-0.2, -0.15) is 0 Å². The van der Waals surface area contributed by atoms with Crippen LogP contribution in [0.25, 0.3) is 0 Å². The summed E-state index contributed by atoms with van der Waals surface area (Å²) in [4.78, 5) is 16.0. The fourth-order valence-electron chi connectivity index (χ4n) is 2.85. The van der Waals surface area contributed by atoms with Gasteiger partial charge in [-0.25, -0.2) is 0 Å². The van der Waals surface area contributed by atoms with Gasteiger partial charge in [-0.3, -0.25) is 9.79 Å². The van der Waals surface area contributed by atoms with Crippen LogP contribution in [0.2, 0.25) is 5.02 Å². The van der Waals surface area contributed by atoms with Crippen molar-refractivity contribution >= 4 is 53.1 Å². The maximum Gasteiger partial charge on any atom is 0.220 e. The Labute approximate surface area is 170 Å². The zero-order valence-corrected chi connectivity index (χ0v) is 17.5. The number of nitrogens with one attached hydrogen (secondary N) is 2. The van der Waals surface area contributed by atoms with E-state index >= 15 is 0 Å². The molecule has 25 heavy (non-hydrogen) atoms. The van der Waals surface area contributed by atoms with E-state index < -0.39 is 0 Å². The van der Waals surface area contributed by atoms with Gasteiger partial charge in [0.05, 0.1) is 18.7 Å². The topological polar surface area (TPSA) is 88.7 Å². The molecule has 6 nitrogen and oxygen atoms in total. The first-order valence-corrected chi connectivity index (χ1v) is 8.63. The van der Waals surface area contributed by atoms with Gasteiger partial charge in [0, 0.05) is 18.7 Å². The van der Waals surface area contributed by atoms with Gasteiger partial charge in [-0.15, -0.1) is 24.0 Å². The summed E-state index contributed by atoms with van der Waals surface area (Å²) in [6.45, 7) is 0.913. The molecule has 0 saturated heterocycles. The molecule has 0 spiro atoms. The second kappa shape index (κ2) is 11.4. The second-order valence-electron chi connectivity index (χ2n) is 5.95. The largest absolute Gasteiger partial charge is 0.495 e. The number of rotatable bonds is 7. The molecule has 1 fully saturated rings. The number of guanidine groups is 1. The van der Waals surface area contributed by atoms with Gasteiger partial charge in [-0.05, 0) is 37.0 Å². The zero-order valence-electron chi connectivity index (χ0n) is 14.4. The maximum absolute atomic E-state index is 11.8. The number of benzene rings is 1. The minimum atomic E-state index is 0. The first-order valence-electron chi connectivity index (χ1n) is 8.25. The van der Waals surface area contributed by atoms with Crippen LogP contribution in [0, 0.1) is 5.92 Å². The lowest BCUT2D eigenvalue weighted by Gasteiger charge is -2.10. The maximum atomic E-state index is 11.8. The van der Waals surface area contributed by atoms with Crippen LogP contribution >= 0.6 is 35.6 Å². The van der Waals surface area contributed by atoms with E-state index in [1.807, 2.05) is 0 Å². The summed E-state index contributed by atoms with van der Waals surface area (Å²) in [7, 11) is 1.56. The average Bonchev–Trinajstić information content (AvgIpc) is 3.04. The number of ether oxygens (including phenoxy) is 1. The first-order chi connectivity index (χ1) is 11.6. The predicted octanol–water partition coefficient (Wildman–Crippen LogP) is 3.39. The van der Waals surface area contributed by atoms with Gasteiger partial charge < -0.3 is 21.1 Å². The van der Waals surface area contributed by atoms with Gasteiger partial charge in [0.2, 0.25) is 5.91 Å². The Morgan fingerprint density at radius 3 is 2.76 bits per heavy atom. The van der Waals surface area contributed by atoms with Crippen molar-refractivity contribution in [2.45, 2.75) is 32.1 Å². The Hall–Kier alpha value is -1.22. The van der Waals surface area contributed by atoms with Crippen molar-refractivity contribution < 1.29 is 9.53 Å². The van der Waals surface area contributed by atoms with Crippen molar-refractivity contribution in [3.63, 3.8) is 0 Å². The molecule has 1 aliphatic rings. The summed E-state index contributed by atoms with van der Waals surface area (Å²) in [5, 5.41) is 6.34. The van der Waals surface area contributed by atoms with E-state index in [4.69, 9.17) is 22.1 Å². The number of carbonyl (C=O) groups is 1. The number of hydrogen-bond donors (Lipinski definition) is 3. The zero-order chi connectivity index (χ0) is 17.4. The molecular formula is C17H26ClIN4O2. The van der Waals surface area contributed by atoms with E-state index in [2.05, 4.69) is 15.6 Å². The standard InChI is InChI=1S/C17H25ClN4O2.HI/c1-24-15-7-6-13(11-14(15)18)22-17(19)21-9-8-20-16(23)10-12-4-2-3-5-12;/h6-7,11-12H,2-5,8-10H2,1H3,(H,20,23)(H3,19,21,22);1H. The lowest BCUT2D eigenvalue weighted by Crippen LogP contribution is -2.29. The highest BCUT2D eigenvalue weighted by molar-refractivity contribution is 14.0. The van der Waals surface area contributed by atoms with E-state index in [9.17, 15) is 4.79 Å². The van der Waals surface area contributed by atoms with Crippen molar-refractivity contribution in [3.05, 3.63) is 23.2 Å². The Kier molecular flexibility index (Phi) is 9.96. The Bertz CT molecular complexity index is 592. The molecule has 2 rings (SSSR count). The van der Waals surface area contributed by atoms with E-state index in [0.29, 0.717) is 36.2 Å². The van der Waals surface area contributed by atoms with Crippen LogP contribution < -0.4 is 21.1 Å². The van der Waals surface area contributed by atoms with E-state index in [1.54, 1.807) is 25.3 Å². The summed E-state index contributed by atoms with van der Waals surface area (Å²) in [6, 6.07) is 5.27. The molecule has 1 aromatic carbocycles. The normalized spacial score (nSPS) is 14.7. The van der Waals surface area contributed by atoms with Crippen LogP contribution in [0.1, 0.15) is 32.1 Å². The molecule has 8 heteroatoms. The van der Waals surface area contributed by atoms with Gasteiger partial charge in [0.25, 0.3) is 0 Å². The number of nitrogens with two attached hydrogens (primary N) is 1. The molecule has 0 heterocycles. The molecule has 1 amide bonds. The third kappa shape index (κ3) is 7.68.